The monoisotopic (exact) mass is 333 g/mol. The van der Waals surface area contributed by atoms with E-state index < -0.39 is 0 Å². The van der Waals surface area contributed by atoms with Crippen molar-refractivity contribution in [3.8, 4) is 0 Å². The van der Waals surface area contributed by atoms with Crippen LogP contribution in [0, 0.1) is 0 Å². The van der Waals surface area contributed by atoms with Crippen LogP contribution in [0.4, 0.5) is 5.69 Å². The second-order valence-corrected chi connectivity index (χ2v) is 6.05. The Labute approximate surface area is 140 Å². The van der Waals surface area contributed by atoms with E-state index in [0.29, 0.717) is 16.0 Å². The van der Waals surface area contributed by atoms with Crippen molar-refractivity contribution in [2.45, 2.75) is 19.8 Å². The van der Waals surface area contributed by atoms with E-state index in [4.69, 9.17) is 23.2 Å². The van der Waals surface area contributed by atoms with Gasteiger partial charge in [-0.15, -0.1) is 0 Å². The first-order valence-electron chi connectivity index (χ1n) is 7.00. The van der Waals surface area contributed by atoms with Crippen LogP contribution in [0.2, 0.25) is 10.0 Å². The maximum absolute atomic E-state index is 12.1. The topological polar surface area (TPSA) is 29.1 Å². The number of rotatable bonds is 4. The van der Waals surface area contributed by atoms with Gasteiger partial charge in [-0.2, -0.15) is 0 Å². The van der Waals surface area contributed by atoms with Gasteiger partial charge in [-0.05, 0) is 41.3 Å². The fourth-order valence-electron chi connectivity index (χ4n) is 2.08. The van der Waals surface area contributed by atoms with Gasteiger partial charge in [0, 0.05) is 11.8 Å². The van der Waals surface area contributed by atoms with Crippen LogP contribution in [0.15, 0.2) is 48.5 Å². The standard InChI is InChI=1S/C18H17Cl2NO/c1-12(2)14-5-3-4-6-17(14)21-18(22)10-8-13-7-9-15(19)16(20)11-13/h3-12H,1-2H3,(H,21,22). The summed E-state index contributed by atoms with van der Waals surface area (Å²) in [7, 11) is 0. The summed E-state index contributed by atoms with van der Waals surface area (Å²) in [6.45, 7) is 4.19. The average Bonchev–Trinajstić information content (AvgIpc) is 2.49. The van der Waals surface area contributed by atoms with Crippen LogP contribution in [-0.4, -0.2) is 5.91 Å². The molecule has 0 atom stereocenters. The number of para-hydroxylation sites is 1. The highest BCUT2D eigenvalue weighted by Crippen LogP contribution is 2.24. The van der Waals surface area contributed by atoms with Gasteiger partial charge in [0.1, 0.15) is 0 Å². The zero-order valence-corrected chi connectivity index (χ0v) is 13.9. The minimum absolute atomic E-state index is 0.181. The Bertz CT molecular complexity index is 708. The summed E-state index contributed by atoms with van der Waals surface area (Å²) in [5, 5.41) is 3.86. The van der Waals surface area contributed by atoms with E-state index in [9.17, 15) is 4.79 Å². The van der Waals surface area contributed by atoms with Crippen molar-refractivity contribution in [2.24, 2.45) is 0 Å². The molecule has 0 aromatic heterocycles. The van der Waals surface area contributed by atoms with Crippen LogP contribution in [0.3, 0.4) is 0 Å². The highest BCUT2D eigenvalue weighted by Gasteiger charge is 2.07. The first-order chi connectivity index (χ1) is 10.5. The van der Waals surface area contributed by atoms with E-state index in [1.54, 1.807) is 24.3 Å². The molecule has 4 heteroatoms. The van der Waals surface area contributed by atoms with E-state index in [1.807, 2.05) is 24.3 Å². The quantitative estimate of drug-likeness (QED) is 0.707. The fraction of sp³-hybridized carbons (Fsp3) is 0.167. The first-order valence-corrected chi connectivity index (χ1v) is 7.76. The third-order valence-corrected chi connectivity index (χ3v) is 3.95. The normalized spacial score (nSPS) is 11.1. The molecule has 2 nitrogen and oxygen atoms in total. The van der Waals surface area contributed by atoms with E-state index in [1.165, 1.54) is 6.08 Å². The van der Waals surface area contributed by atoms with Crippen molar-refractivity contribution in [1.82, 2.24) is 0 Å². The van der Waals surface area contributed by atoms with Crippen molar-refractivity contribution < 1.29 is 4.79 Å². The molecule has 1 N–H and O–H groups in total. The van der Waals surface area contributed by atoms with Gasteiger partial charge in [0.25, 0.3) is 0 Å². The number of benzene rings is 2. The summed E-state index contributed by atoms with van der Waals surface area (Å²) in [5.41, 5.74) is 2.77. The van der Waals surface area contributed by atoms with Crippen LogP contribution < -0.4 is 5.32 Å². The molecule has 0 aliphatic rings. The third-order valence-electron chi connectivity index (χ3n) is 3.21. The molecule has 2 rings (SSSR count). The first kappa shape index (κ1) is 16.6. The number of amides is 1. The van der Waals surface area contributed by atoms with Crippen LogP contribution in [0.5, 0.6) is 0 Å². The number of halogens is 2. The molecule has 0 unspecified atom stereocenters. The summed E-state index contributed by atoms with van der Waals surface area (Å²) in [6.07, 6.45) is 3.19. The van der Waals surface area contributed by atoms with E-state index in [-0.39, 0.29) is 5.91 Å². The number of hydrogen-bond acceptors (Lipinski definition) is 1. The zero-order chi connectivity index (χ0) is 16.1. The van der Waals surface area contributed by atoms with Crippen molar-refractivity contribution in [2.75, 3.05) is 5.32 Å². The Balaban J connectivity index is 2.10. The van der Waals surface area contributed by atoms with Gasteiger partial charge in [-0.3, -0.25) is 4.79 Å². The number of nitrogens with one attached hydrogen (secondary N) is 1. The number of carbonyl (C=O) groups is 1. The Kier molecular flexibility index (Phi) is 5.64. The lowest BCUT2D eigenvalue weighted by Gasteiger charge is -2.12. The van der Waals surface area contributed by atoms with Crippen molar-refractivity contribution >= 4 is 40.9 Å². The van der Waals surface area contributed by atoms with E-state index in [2.05, 4.69) is 19.2 Å². The van der Waals surface area contributed by atoms with Gasteiger partial charge in [-0.1, -0.05) is 61.3 Å². The fourth-order valence-corrected chi connectivity index (χ4v) is 2.38. The molecule has 114 valence electrons. The molecule has 1 amide bonds. The molecular weight excluding hydrogens is 317 g/mol. The second kappa shape index (κ2) is 7.48. The second-order valence-electron chi connectivity index (χ2n) is 5.24. The number of hydrogen-bond donors (Lipinski definition) is 1. The summed E-state index contributed by atoms with van der Waals surface area (Å²) < 4.78 is 0. The summed E-state index contributed by atoms with van der Waals surface area (Å²) in [5.74, 6) is 0.162. The molecule has 0 saturated carbocycles. The minimum Gasteiger partial charge on any atom is -0.322 e. The third kappa shape index (κ3) is 4.36. The van der Waals surface area contributed by atoms with Gasteiger partial charge in [0.2, 0.25) is 5.91 Å². The van der Waals surface area contributed by atoms with Gasteiger partial charge in [0.05, 0.1) is 10.0 Å². The molecule has 22 heavy (non-hydrogen) atoms. The molecule has 0 radical (unpaired) electrons. The molecule has 0 heterocycles. The lowest BCUT2D eigenvalue weighted by atomic mass is 10.0. The van der Waals surface area contributed by atoms with Crippen LogP contribution >= 0.6 is 23.2 Å². The predicted octanol–water partition coefficient (Wildman–Crippen LogP) is 5.77. The Morgan fingerprint density at radius 3 is 2.50 bits per heavy atom. The van der Waals surface area contributed by atoms with Crippen molar-refractivity contribution in [3.63, 3.8) is 0 Å². The van der Waals surface area contributed by atoms with Crippen LogP contribution in [0.25, 0.3) is 6.08 Å². The molecule has 0 spiro atoms. The van der Waals surface area contributed by atoms with Crippen LogP contribution in [0.1, 0.15) is 30.9 Å². The Hall–Kier alpha value is -1.77. The maximum atomic E-state index is 12.1. The SMILES string of the molecule is CC(C)c1ccccc1NC(=O)C=Cc1ccc(Cl)c(Cl)c1. The highest BCUT2D eigenvalue weighted by molar-refractivity contribution is 6.42. The van der Waals surface area contributed by atoms with Crippen LogP contribution in [-0.2, 0) is 4.79 Å². The average molecular weight is 334 g/mol. The van der Waals surface area contributed by atoms with Gasteiger partial charge in [0.15, 0.2) is 0 Å². The number of anilines is 1. The number of carbonyl (C=O) groups excluding carboxylic acids is 1. The van der Waals surface area contributed by atoms with E-state index in [0.717, 1.165) is 16.8 Å². The van der Waals surface area contributed by atoms with Gasteiger partial charge >= 0.3 is 0 Å². The van der Waals surface area contributed by atoms with E-state index >= 15 is 0 Å². The van der Waals surface area contributed by atoms with Gasteiger partial charge in [-0.25, -0.2) is 0 Å². The molecule has 0 aliphatic carbocycles. The predicted molar refractivity (Wildman–Crippen MR) is 94.7 cm³/mol. The summed E-state index contributed by atoms with van der Waals surface area (Å²) >= 11 is 11.8. The molecule has 0 saturated heterocycles. The summed E-state index contributed by atoms with van der Waals surface area (Å²) in [6, 6.07) is 13.0. The zero-order valence-electron chi connectivity index (χ0n) is 12.4. The molecular formula is C18H17Cl2NO. The molecule has 0 aliphatic heterocycles. The Morgan fingerprint density at radius 2 is 1.82 bits per heavy atom. The lowest BCUT2D eigenvalue weighted by molar-refractivity contribution is -0.111. The smallest absolute Gasteiger partial charge is 0.248 e. The van der Waals surface area contributed by atoms with Crippen molar-refractivity contribution in [1.29, 1.82) is 0 Å². The molecule has 0 fully saturated rings. The molecule has 2 aromatic rings. The minimum atomic E-state index is -0.181. The molecule has 2 aromatic carbocycles. The highest BCUT2D eigenvalue weighted by atomic mass is 35.5. The largest absolute Gasteiger partial charge is 0.322 e. The maximum Gasteiger partial charge on any atom is 0.248 e. The molecule has 0 bridgehead atoms. The lowest BCUT2D eigenvalue weighted by Crippen LogP contribution is -2.10. The Morgan fingerprint density at radius 1 is 1.09 bits per heavy atom. The van der Waals surface area contributed by atoms with Crippen molar-refractivity contribution in [3.05, 3.63) is 69.7 Å². The van der Waals surface area contributed by atoms with Gasteiger partial charge < -0.3 is 5.32 Å². The summed E-state index contributed by atoms with van der Waals surface area (Å²) in [4.78, 5) is 12.1.